The molecule has 2 heteroatoms. The van der Waals surface area contributed by atoms with Crippen LogP contribution in [-0.2, 0) is 0 Å². The van der Waals surface area contributed by atoms with E-state index in [0.29, 0.717) is 5.92 Å². The van der Waals surface area contributed by atoms with Gasteiger partial charge in [-0.2, -0.15) is 0 Å². The van der Waals surface area contributed by atoms with E-state index >= 15 is 0 Å². The average molecular weight is 290 g/mol. The molecule has 0 saturated carbocycles. The summed E-state index contributed by atoms with van der Waals surface area (Å²) in [5.41, 5.74) is 1.26. The molecule has 0 aliphatic carbocycles. The minimum atomic E-state index is 0.386. The molecule has 0 N–H and O–H groups in total. The standard InChI is InChI=1S/C10H10Br2/c1-3-7(2)8-5-4-6-9(11)10(8)12/h3-7H,1H2,2H3. The minimum Gasteiger partial charge on any atom is -0.102 e. The molecule has 1 atom stereocenters. The Morgan fingerprint density at radius 3 is 2.67 bits per heavy atom. The Kier molecular flexibility index (Phi) is 3.53. The summed E-state index contributed by atoms with van der Waals surface area (Å²) in [5.74, 6) is 0.386. The predicted molar refractivity (Wildman–Crippen MR) is 60.5 cm³/mol. The van der Waals surface area contributed by atoms with Crippen molar-refractivity contribution in [1.29, 1.82) is 0 Å². The summed E-state index contributed by atoms with van der Waals surface area (Å²) in [6, 6.07) is 6.15. The van der Waals surface area contributed by atoms with E-state index in [0.717, 1.165) is 8.95 Å². The second-order valence-corrected chi connectivity index (χ2v) is 4.31. The molecule has 1 aromatic carbocycles. The van der Waals surface area contributed by atoms with Crippen LogP contribution in [0, 0.1) is 0 Å². The molecular formula is C10H10Br2. The average Bonchev–Trinajstić information content (AvgIpc) is 2.08. The van der Waals surface area contributed by atoms with Crippen LogP contribution in [0.25, 0.3) is 0 Å². The van der Waals surface area contributed by atoms with Crippen molar-refractivity contribution in [2.24, 2.45) is 0 Å². The van der Waals surface area contributed by atoms with Gasteiger partial charge in [-0.15, -0.1) is 6.58 Å². The van der Waals surface area contributed by atoms with Crippen molar-refractivity contribution in [3.8, 4) is 0 Å². The third-order valence-corrected chi connectivity index (χ3v) is 3.90. The number of rotatable bonds is 2. The van der Waals surface area contributed by atoms with Gasteiger partial charge >= 0.3 is 0 Å². The molecule has 0 radical (unpaired) electrons. The third-order valence-electron chi connectivity index (χ3n) is 1.83. The Labute approximate surface area is 89.9 Å². The second kappa shape index (κ2) is 4.24. The molecule has 0 nitrogen and oxygen atoms in total. The van der Waals surface area contributed by atoms with Crippen LogP contribution in [0.5, 0.6) is 0 Å². The molecule has 0 aliphatic rings. The van der Waals surface area contributed by atoms with Gasteiger partial charge in [0.25, 0.3) is 0 Å². The fourth-order valence-corrected chi connectivity index (χ4v) is 2.01. The van der Waals surface area contributed by atoms with Gasteiger partial charge in [0.2, 0.25) is 0 Å². The lowest BCUT2D eigenvalue weighted by Gasteiger charge is -2.09. The zero-order chi connectivity index (χ0) is 9.14. The van der Waals surface area contributed by atoms with E-state index in [9.17, 15) is 0 Å². The zero-order valence-corrected chi connectivity index (χ0v) is 10.0. The fourth-order valence-electron chi connectivity index (χ4n) is 0.999. The maximum atomic E-state index is 3.77. The van der Waals surface area contributed by atoms with E-state index in [-0.39, 0.29) is 0 Å². The molecule has 1 rings (SSSR count). The van der Waals surface area contributed by atoms with Gasteiger partial charge in [0.15, 0.2) is 0 Å². The molecule has 0 spiro atoms. The maximum absolute atomic E-state index is 3.77. The van der Waals surface area contributed by atoms with E-state index in [4.69, 9.17) is 0 Å². The number of halogens is 2. The summed E-state index contributed by atoms with van der Waals surface area (Å²) in [4.78, 5) is 0. The van der Waals surface area contributed by atoms with Gasteiger partial charge in [0.05, 0.1) is 0 Å². The summed E-state index contributed by atoms with van der Waals surface area (Å²) in [5, 5.41) is 0. The molecule has 0 aromatic heterocycles. The van der Waals surface area contributed by atoms with E-state index in [1.54, 1.807) is 0 Å². The zero-order valence-electron chi connectivity index (χ0n) is 6.85. The van der Waals surface area contributed by atoms with E-state index in [2.05, 4.69) is 51.4 Å². The van der Waals surface area contributed by atoms with Gasteiger partial charge in [-0.05, 0) is 49.4 Å². The lowest BCUT2D eigenvalue weighted by Crippen LogP contribution is -1.90. The first-order valence-electron chi connectivity index (χ1n) is 3.73. The van der Waals surface area contributed by atoms with Crippen LogP contribution in [0.15, 0.2) is 39.8 Å². The van der Waals surface area contributed by atoms with Crippen molar-refractivity contribution in [3.05, 3.63) is 45.4 Å². The molecule has 0 saturated heterocycles. The van der Waals surface area contributed by atoms with E-state index in [1.807, 2.05) is 18.2 Å². The highest BCUT2D eigenvalue weighted by Crippen LogP contribution is 2.31. The first-order chi connectivity index (χ1) is 5.66. The Morgan fingerprint density at radius 1 is 1.42 bits per heavy atom. The van der Waals surface area contributed by atoms with Crippen molar-refractivity contribution >= 4 is 31.9 Å². The Balaban J connectivity index is 3.15. The first kappa shape index (κ1) is 10.0. The van der Waals surface area contributed by atoms with E-state index < -0.39 is 0 Å². The number of allylic oxidation sites excluding steroid dienone is 1. The van der Waals surface area contributed by atoms with Crippen LogP contribution in [0.1, 0.15) is 18.4 Å². The first-order valence-corrected chi connectivity index (χ1v) is 5.32. The summed E-state index contributed by atoms with van der Waals surface area (Å²) >= 11 is 6.99. The maximum Gasteiger partial charge on any atom is 0.0355 e. The minimum absolute atomic E-state index is 0.386. The smallest absolute Gasteiger partial charge is 0.0355 e. The quantitative estimate of drug-likeness (QED) is 0.703. The van der Waals surface area contributed by atoms with Crippen LogP contribution in [0.2, 0.25) is 0 Å². The van der Waals surface area contributed by atoms with Crippen molar-refractivity contribution in [2.75, 3.05) is 0 Å². The predicted octanol–water partition coefficient (Wildman–Crippen LogP) is 4.50. The topological polar surface area (TPSA) is 0 Å². The number of hydrogen-bond acceptors (Lipinski definition) is 0. The van der Waals surface area contributed by atoms with Gasteiger partial charge in [0.1, 0.15) is 0 Å². The summed E-state index contributed by atoms with van der Waals surface area (Å²) in [6.07, 6.45) is 1.94. The fraction of sp³-hybridized carbons (Fsp3) is 0.200. The van der Waals surface area contributed by atoms with Gasteiger partial charge < -0.3 is 0 Å². The van der Waals surface area contributed by atoms with Gasteiger partial charge in [-0.1, -0.05) is 25.1 Å². The van der Waals surface area contributed by atoms with Crippen molar-refractivity contribution in [1.82, 2.24) is 0 Å². The van der Waals surface area contributed by atoms with Crippen molar-refractivity contribution in [3.63, 3.8) is 0 Å². The Bertz CT molecular complexity index is 292. The van der Waals surface area contributed by atoms with Crippen LogP contribution in [-0.4, -0.2) is 0 Å². The molecule has 0 amide bonds. The summed E-state index contributed by atoms with van der Waals surface area (Å²) in [7, 11) is 0. The van der Waals surface area contributed by atoms with Gasteiger partial charge in [-0.25, -0.2) is 0 Å². The highest BCUT2D eigenvalue weighted by Gasteiger charge is 2.07. The molecule has 0 bridgehead atoms. The van der Waals surface area contributed by atoms with Crippen LogP contribution < -0.4 is 0 Å². The molecule has 12 heavy (non-hydrogen) atoms. The highest BCUT2D eigenvalue weighted by atomic mass is 79.9. The monoisotopic (exact) mass is 288 g/mol. The van der Waals surface area contributed by atoms with Crippen LogP contribution in [0.4, 0.5) is 0 Å². The lowest BCUT2D eigenvalue weighted by atomic mass is 10.0. The second-order valence-electron chi connectivity index (χ2n) is 2.67. The molecular weight excluding hydrogens is 280 g/mol. The Morgan fingerprint density at radius 2 is 2.08 bits per heavy atom. The van der Waals surface area contributed by atoms with Gasteiger partial charge in [-0.3, -0.25) is 0 Å². The molecule has 1 aromatic rings. The molecule has 0 fully saturated rings. The third kappa shape index (κ3) is 1.99. The van der Waals surface area contributed by atoms with Crippen molar-refractivity contribution in [2.45, 2.75) is 12.8 Å². The number of benzene rings is 1. The number of hydrogen-bond donors (Lipinski definition) is 0. The summed E-state index contributed by atoms with van der Waals surface area (Å²) < 4.78 is 2.21. The van der Waals surface area contributed by atoms with Gasteiger partial charge in [0, 0.05) is 8.95 Å². The summed E-state index contributed by atoms with van der Waals surface area (Å²) in [6.45, 7) is 5.90. The normalized spacial score (nSPS) is 12.6. The van der Waals surface area contributed by atoms with E-state index in [1.165, 1.54) is 5.56 Å². The van der Waals surface area contributed by atoms with Crippen LogP contribution in [0.3, 0.4) is 0 Å². The molecule has 1 unspecified atom stereocenters. The van der Waals surface area contributed by atoms with Crippen LogP contribution >= 0.6 is 31.9 Å². The SMILES string of the molecule is C=CC(C)c1cccc(Br)c1Br. The highest BCUT2D eigenvalue weighted by molar-refractivity contribution is 9.13. The molecule has 0 aliphatic heterocycles. The lowest BCUT2D eigenvalue weighted by molar-refractivity contribution is 0.961. The largest absolute Gasteiger partial charge is 0.102 e. The molecule has 0 heterocycles. The molecule has 64 valence electrons. The Hall–Kier alpha value is -0.0800. The van der Waals surface area contributed by atoms with Crippen molar-refractivity contribution < 1.29 is 0 Å².